The molecule has 138 valence electrons. The van der Waals surface area contributed by atoms with Crippen molar-refractivity contribution in [1.29, 1.82) is 0 Å². The molecule has 0 saturated carbocycles. The van der Waals surface area contributed by atoms with Crippen molar-refractivity contribution in [3.63, 3.8) is 0 Å². The van der Waals surface area contributed by atoms with E-state index in [1.807, 2.05) is 30.3 Å². The molecule has 28 heavy (non-hydrogen) atoms. The number of fused-ring (bicyclic) bond motifs is 1. The third kappa shape index (κ3) is 3.47. The van der Waals surface area contributed by atoms with Gasteiger partial charge in [0.25, 0.3) is 0 Å². The fraction of sp³-hybridized carbons (Fsp3) is 0. The Morgan fingerprint density at radius 2 is 1.68 bits per heavy atom. The number of rotatable bonds is 4. The van der Waals surface area contributed by atoms with Crippen LogP contribution in [0, 0.1) is 0 Å². The number of anilines is 2. The second kappa shape index (κ2) is 7.42. The Kier molecular flexibility index (Phi) is 4.81. The van der Waals surface area contributed by atoms with E-state index in [0.29, 0.717) is 32.5 Å². The molecule has 0 unspecified atom stereocenters. The normalized spacial score (nSPS) is 10.8. The molecule has 2 N–H and O–H groups in total. The SMILES string of the molecule is O=C(O)c1nc2nc(Nc3ccccc3)ncc2cc1-c1c(Cl)cccc1Cl. The maximum Gasteiger partial charge on any atom is 0.355 e. The van der Waals surface area contributed by atoms with Crippen LogP contribution >= 0.6 is 23.2 Å². The highest BCUT2D eigenvalue weighted by Gasteiger charge is 2.20. The van der Waals surface area contributed by atoms with Gasteiger partial charge in [-0.3, -0.25) is 0 Å². The monoisotopic (exact) mass is 410 g/mol. The molecule has 0 bridgehead atoms. The molecule has 2 heterocycles. The highest BCUT2D eigenvalue weighted by Crippen LogP contribution is 2.37. The summed E-state index contributed by atoms with van der Waals surface area (Å²) >= 11 is 12.5. The molecule has 2 aromatic heterocycles. The molecule has 0 saturated heterocycles. The van der Waals surface area contributed by atoms with Gasteiger partial charge in [-0.2, -0.15) is 4.98 Å². The lowest BCUT2D eigenvalue weighted by Crippen LogP contribution is -2.06. The summed E-state index contributed by atoms with van der Waals surface area (Å²) in [6.45, 7) is 0. The zero-order chi connectivity index (χ0) is 19.7. The fourth-order valence-corrected chi connectivity index (χ4v) is 3.38. The molecule has 0 aliphatic heterocycles. The molecule has 6 nitrogen and oxygen atoms in total. The number of aromatic nitrogens is 3. The van der Waals surface area contributed by atoms with Crippen molar-refractivity contribution >= 4 is 51.8 Å². The van der Waals surface area contributed by atoms with Gasteiger partial charge in [-0.1, -0.05) is 47.5 Å². The first-order valence-electron chi connectivity index (χ1n) is 8.20. The molecule has 4 rings (SSSR count). The summed E-state index contributed by atoms with van der Waals surface area (Å²) in [5.41, 5.74) is 1.58. The van der Waals surface area contributed by atoms with Crippen molar-refractivity contribution < 1.29 is 9.90 Å². The molecule has 0 aliphatic carbocycles. The fourth-order valence-electron chi connectivity index (χ4n) is 2.78. The summed E-state index contributed by atoms with van der Waals surface area (Å²) in [7, 11) is 0. The van der Waals surface area contributed by atoms with Crippen LogP contribution in [0.1, 0.15) is 10.5 Å². The summed E-state index contributed by atoms with van der Waals surface area (Å²) in [5.74, 6) is -0.893. The number of pyridine rings is 1. The van der Waals surface area contributed by atoms with Gasteiger partial charge in [-0.15, -0.1) is 0 Å². The predicted molar refractivity (Wildman–Crippen MR) is 109 cm³/mol. The molecule has 2 aromatic carbocycles. The molecular formula is C20H12Cl2N4O2. The van der Waals surface area contributed by atoms with Crippen LogP contribution in [-0.4, -0.2) is 26.0 Å². The van der Waals surface area contributed by atoms with Gasteiger partial charge in [0, 0.05) is 38.4 Å². The Labute approximate surface area is 169 Å². The Morgan fingerprint density at radius 3 is 2.36 bits per heavy atom. The highest BCUT2D eigenvalue weighted by atomic mass is 35.5. The molecule has 0 aliphatic rings. The minimum absolute atomic E-state index is 0.188. The van der Waals surface area contributed by atoms with E-state index in [0.717, 1.165) is 5.69 Å². The van der Waals surface area contributed by atoms with Crippen molar-refractivity contribution in [2.45, 2.75) is 0 Å². The molecule has 0 atom stereocenters. The maximum absolute atomic E-state index is 11.8. The molecule has 0 spiro atoms. The molecule has 4 aromatic rings. The third-order valence-corrected chi connectivity index (χ3v) is 4.66. The lowest BCUT2D eigenvalue weighted by atomic mass is 10.0. The Morgan fingerprint density at radius 1 is 0.964 bits per heavy atom. The first kappa shape index (κ1) is 18.2. The zero-order valence-electron chi connectivity index (χ0n) is 14.2. The van der Waals surface area contributed by atoms with Crippen LogP contribution in [0.5, 0.6) is 0 Å². The summed E-state index contributed by atoms with van der Waals surface area (Å²) in [6.07, 6.45) is 1.57. The van der Waals surface area contributed by atoms with Crippen LogP contribution in [-0.2, 0) is 0 Å². The van der Waals surface area contributed by atoms with E-state index in [2.05, 4.69) is 20.3 Å². The first-order chi connectivity index (χ1) is 13.5. The molecule has 0 radical (unpaired) electrons. The van der Waals surface area contributed by atoms with Crippen molar-refractivity contribution in [1.82, 2.24) is 15.0 Å². The topological polar surface area (TPSA) is 88.0 Å². The largest absolute Gasteiger partial charge is 0.476 e. The average Bonchev–Trinajstić information content (AvgIpc) is 2.68. The van der Waals surface area contributed by atoms with E-state index >= 15 is 0 Å². The zero-order valence-corrected chi connectivity index (χ0v) is 15.7. The van der Waals surface area contributed by atoms with E-state index < -0.39 is 5.97 Å². The van der Waals surface area contributed by atoms with Crippen LogP contribution < -0.4 is 5.32 Å². The number of carboxylic acid groups (broad SMARTS) is 1. The Hall–Kier alpha value is -3.22. The lowest BCUT2D eigenvalue weighted by Gasteiger charge is -2.11. The first-order valence-corrected chi connectivity index (χ1v) is 8.96. The minimum atomic E-state index is -1.20. The number of carboxylic acids is 1. The molecule has 8 heteroatoms. The second-order valence-electron chi connectivity index (χ2n) is 5.88. The Bertz CT molecular complexity index is 1180. The number of nitrogens with zero attached hydrogens (tertiary/aromatic N) is 3. The van der Waals surface area contributed by atoms with Crippen molar-refractivity contribution in [3.8, 4) is 11.1 Å². The standard InChI is InChI=1S/C20H12Cl2N4O2/c21-14-7-4-8-15(22)16(14)13-9-11-10-23-20(24-12-5-2-1-3-6-12)26-18(11)25-17(13)19(27)28/h1-10H,(H,27,28)(H,23,24,25,26). The van der Waals surface area contributed by atoms with E-state index in [9.17, 15) is 9.90 Å². The predicted octanol–water partition coefficient (Wildman–Crippen LogP) is 5.44. The van der Waals surface area contributed by atoms with Gasteiger partial charge >= 0.3 is 5.97 Å². The van der Waals surface area contributed by atoms with E-state index in [1.54, 1.807) is 30.5 Å². The van der Waals surface area contributed by atoms with Gasteiger partial charge in [0.2, 0.25) is 5.95 Å². The third-order valence-electron chi connectivity index (χ3n) is 4.03. The number of halogens is 2. The second-order valence-corrected chi connectivity index (χ2v) is 6.70. The maximum atomic E-state index is 11.8. The van der Waals surface area contributed by atoms with Gasteiger partial charge in [0.1, 0.15) is 0 Å². The van der Waals surface area contributed by atoms with Crippen LogP contribution in [0.15, 0.2) is 60.8 Å². The number of hydrogen-bond acceptors (Lipinski definition) is 5. The number of benzene rings is 2. The van der Waals surface area contributed by atoms with Crippen molar-refractivity contribution in [3.05, 3.63) is 76.5 Å². The van der Waals surface area contributed by atoms with Gasteiger partial charge in [-0.25, -0.2) is 14.8 Å². The summed E-state index contributed by atoms with van der Waals surface area (Å²) in [6, 6.07) is 16.0. The minimum Gasteiger partial charge on any atom is -0.476 e. The average molecular weight is 411 g/mol. The van der Waals surface area contributed by atoms with Gasteiger partial charge in [0.05, 0.1) is 0 Å². The quantitative estimate of drug-likeness (QED) is 0.465. The Balaban J connectivity index is 1.86. The van der Waals surface area contributed by atoms with Crippen molar-refractivity contribution in [2.24, 2.45) is 0 Å². The summed E-state index contributed by atoms with van der Waals surface area (Å²) < 4.78 is 0. The van der Waals surface area contributed by atoms with Crippen LogP contribution in [0.4, 0.5) is 11.6 Å². The smallest absolute Gasteiger partial charge is 0.355 e. The van der Waals surface area contributed by atoms with Crippen LogP contribution in [0.3, 0.4) is 0 Å². The number of nitrogens with one attached hydrogen (secondary N) is 1. The van der Waals surface area contributed by atoms with Gasteiger partial charge in [0.15, 0.2) is 11.3 Å². The molecular weight excluding hydrogens is 399 g/mol. The lowest BCUT2D eigenvalue weighted by molar-refractivity contribution is 0.0692. The summed E-state index contributed by atoms with van der Waals surface area (Å²) in [4.78, 5) is 24.7. The number of hydrogen-bond donors (Lipinski definition) is 2. The number of aromatic carboxylic acids is 1. The molecule has 0 amide bonds. The van der Waals surface area contributed by atoms with E-state index in [4.69, 9.17) is 23.2 Å². The number of para-hydroxylation sites is 1. The van der Waals surface area contributed by atoms with Gasteiger partial charge in [-0.05, 0) is 30.3 Å². The van der Waals surface area contributed by atoms with E-state index in [1.165, 1.54) is 0 Å². The van der Waals surface area contributed by atoms with Crippen LogP contribution in [0.25, 0.3) is 22.2 Å². The highest BCUT2D eigenvalue weighted by molar-refractivity contribution is 6.39. The van der Waals surface area contributed by atoms with Gasteiger partial charge < -0.3 is 10.4 Å². The molecule has 0 fully saturated rings. The van der Waals surface area contributed by atoms with E-state index in [-0.39, 0.29) is 11.3 Å². The van der Waals surface area contributed by atoms with Crippen molar-refractivity contribution in [2.75, 3.05) is 5.32 Å². The summed E-state index contributed by atoms with van der Waals surface area (Å²) in [5, 5.41) is 14.0. The number of carbonyl (C=O) groups is 1. The van der Waals surface area contributed by atoms with Crippen LogP contribution in [0.2, 0.25) is 10.0 Å².